The second-order valence-electron chi connectivity index (χ2n) is 7.09. The number of rotatable bonds is 4. The number of nitrogens with zero attached hydrogens (tertiary/aromatic N) is 3. The molecule has 0 saturated carbocycles. The van der Waals surface area contributed by atoms with E-state index in [9.17, 15) is 9.18 Å². The molecule has 0 saturated heterocycles. The fourth-order valence-electron chi connectivity index (χ4n) is 3.49. The number of halogens is 1. The lowest BCUT2D eigenvalue weighted by atomic mass is 10.0. The summed E-state index contributed by atoms with van der Waals surface area (Å²) in [5, 5.41) is 10.5. The molecule has 1 atom stereocenters. The fourth-order valence-corrected chi connectivity index (χ4v) is 3.49. The summed E-state index contributed by atoms with van der Waals surface area (Å²) >= 11 is 0. The lowest BCUT2D eigenvalue weighted by molar-refractivity contribution is 0.102. The van der Waals surface area contributed by atoms with Crippen molar-refractivity contribution in [3.8, 4) is 0 Å². The summed E-state index contributed by atoms with van der Waals surface area (Å²) in [6, 6.07) is 25.0. The van der Waals surface area contributed by atoms with Gasteiger partial charge in [-0.2, -0.15) is 4.98 Å². The topological polar surface area (TPSA) is 71.8 Å². The van der Waals surface area contributed by atoms with Gasteiger partial charge in [0.2, 0.25) is 5.95 Å². The summed E-state index contributed by atoms with van der Waals surface area (Å²) in [6.45, 7) is 0. The molecule has 1 aliphatic heterocycles. The fraction of sp³-hybridized carbons (Fsp3) is 0.0417. The van der Waals surface area contributed by atoms with Crippen molar-refractivity contribution in [2.45, 2.75) is 6.04 Å². The third-order valence-electron chi connectivity index (χ3n) is 5.02. The molecule has 0 unspecified atom stereocenters. The van der Waals surface area contributed by atoms with Gasteiger partial charge in [0, 0.05) is 11.3 Å². The van der Waals surface area contributed by atoms with E-state index < -0.39 is 11.7 Å². The van der Waals surface area contributed by atoms with Crippen molar-refractivity contribution in [1.29, 1.82) is 0 Å². The van der Waals surface area contributed by atoms with Crippen molar-refractivity contribution in [3.05, 3.63) is 114 Å². The number of hydrogen-bond acceptors (Lipinski definition) is 4. The zero-order valence-corrected chi connectivity index (χ0v) is 16.4. The van der Waals surface area contributed by atoms with Crippen LogP contribution in [0.5, 0.6) is 0 Å². The Balaban J connectivity index is 1.49. The van der Waals surface area contributed by atoms with Crippen molar-refractivity contribution in [2.75, 3.05) is 10.6 Å². The average molecular weight is 411 g/mol. The number of carbonyl (C=O) groups excluding carboxylic acids is 1. The molecule has 152 valence electrons. The van der Waals surface area contributed by atoms with E-state index in [-0.39, 0.29) is 12.0 Å². The second kappa shape index (κ2) is 7.87. The first kappa shape index (κ1) is 18.7. The SMILES string of the molecule is O=C(Nc1nc2n(n1)[C@@H](c1ccccc1)C=C(c1ccccc1)N2)c1ccc(F)cc1. The second-order valence-corrected chi connectivity index (χ2v) is 7.09. The van der Waals surface area contributed by atoms with Gasteiger partial charge in [-0.25, -0.2) is 9.07 Å². The predicted molar refractivity (Wildman–Crippen MR) is 117 cm³/mol. The first-order chi connectivity index (χ1) is 15.2. The highest BCUT2D eigenvalue weighted by atomic mass is 19.1. The Hall–Kier alpha value is -4.26. The van der Waals surface area contributed by atoms with Crippen LogP contribution < -0.4 is 10.6 Å². The summed E-state index contributed by atoms with van der Waals surface area (Å²) in [5.74, 6) is -0.123. The summed E-state index contributed by atoms with van der Waals surface area (Å²) in [6.07, 6.45) is 2.08. The molecule has 3 aromatic carbocycles. The molecule has 6 nitrogen and oxygen atoms in total. The maximum atomic E-state index is 13.1. The standard InChI is InChI=1S/C24H18FN5O/c25-19-13-11-18(12-14-19)22(31)27-23-28-24-26-20(16-7-3-1-4-8-16)15-21(30(24)29-23)17-9-5-2-6-10-17/h1-15,21H,(H2,26,27,28,29,31)/t21-/m1/s1. The van der Waals surface area contributed by atoms with Crippen molar-refractivity contribution >= 4 is 23.5 Å². The zero-order chi connectivity index (χ0) is 21.2. The van der Waals surface area contributed by atoms with E-state index in [2.05, 4.69) is 26.8 Å². The Labute approximate surface area is 178 Å². The number of amides is 1. The monoisotopic (exact) mass is 411 g/mol. The number of fused-ring (bicyclic) bond motifs is 1. The molecule has 31 heavy (non-hydrogen) atoms. The van der Waals surface area contributed by atoms with Crippen molar-refractivity contribution in [1.82, 2.24) is 14.8 Å². The molecule has 1 aromatic heterocycles. The Morgan fingerprint density at radius 3 is 2.32 bits per heavy atom. The molecular weight excluding hydrogens is 393 g/mol. The van der Waals surface area contributed by atoms with Crippen molar-refractivity contribution in [3.63, 3.8) is 0 Å². The molecule has 0 fully saturated rings. The molecule has 5 rings (SSSR count). The van der Waals surface area contributed by atoms with E-state index in [0.717, 1.165) is 16.8 Å². The van der Waals surface area contributed by atoms with E-state index in [1.165, 1.54) is 24.3 Å². The van der Waals surface area contributed by atoms with Crippen LogP contribution in [0.4, 0.5) is 16.3 Å². The van der Waals surface area contributed by atoms with Gasteiger partial charge in [0.1, 0.15) is 11.9 Å². The maximum Gasteiger partial charge on any atom is 0.258 e. The van der Waals surface area contributed by atoms with Crippen LogP contribution >= 0.6 is 0 Å². The number of anilines is 2. The number of benzene rings is 3. The molecule has 2 heterocycles. The minimum atomic E-state index is -0.407. The number of allylic oxidation sites excluding steroid dienone is 1. The minimum Gasteiger partial charge on any atom is -0.324 e. The lowest BCUT2D eigenvalue weighted by Gasteiger charge is -2.24. The van der Waals surface area contributed by atoms with Crippen LogP contribution in [0.1, 0.15) is 27.5 Å². The highest BCUT2D eigenvalue weighted by Gasteiger charge is 2.25. The van der Waals surface area contributed by atoms with Gasteiger partial charge in [-0.1, -0.05) is 60.7 Å². The normalized spacial score (nSPS) is 14.9. The van der Waals surface area contributed by atoms with Crippen LogP contribution in [-0.2, 0) is 0 Å². The largest absolute Gasteiger partial charge is 0.324 e. The third kappa shape index (κ3) is 3.81. The Morgan fingerprint density at radius 2 is 1.61 bits per heavy atom. The van der Waals surface area contributed by atoms with Crippen LogP contribution in [0.15, 0.2) is 91.0 Å². The van der Waals surface area contributed by atoms with Crippen LogP contribution in [0, 0.1) is 5.82 Å². The van der Waals surface area contributed by atoms with Crippen molar-refractivity contribution in [2.24, 2.45) is 0 Å². The zero-order valence-electron chi connectivity index (χ0n) is 16.4. The smallest absolute Gasteiger partial charge is 0.258 e. The quantitative estimate of drug-likeness (QED) is 0.510. The molecule has 0 radical (unpaired) electrons. The number of aromatic nitrogens is 3. The summed E-state index contributed by atoms with van der Waals surface area (Å²) < 4.78 is 14.9. The molecular formula is C24H18FN5O. The van der Waals surface area contributed by atoms with Gasteiger partial charge in [-0.15, -0.1) is 5.10 Å². The molecule has 1 amide bonds. The number of carbonyl (C=O) groups is 1. The van der Waals surface area contributed by atoms with Crippen LogP contribution in [0.2, 0.25) is 0 Å². The highest BCUT2D eigenvalue weighted by Crippen LogP contribution is 2.33. The molecule has 2 N–H and O–H groups in total. The van der Waals surface area contributed by atoms with Crippen LogP contribution in [0.3, 0.4) is 0 Å². The molecule has 1 aliphatic rings. The predicted octanol–water partition coefficient (Wildman–Crippen LogP) is 4.73. The molecule has 0 aliphatic carbocycles. The maximum absolute atomic E-state index is 13.1. The Bertz CT molecular complexity index is 1250. The number of hydrogen-bond donors (Lipinski definition) is 2. The Morgan fingerprint density at radius 1 is 0.935 bits per heavy atom. The molecule has 7 heteroatoms. The lowest BCUT2D eigenvalue weighted by Crippen LogP contribution is -2.20. The number of nitrogens with one attached hydrogen (secondary N) is 2. The van der Waals surface area contributed by atoms with Crippen molar-refractivity contribution < 1.29 is 9.18 Å². The molecule has 4 aromatic rings. The average Bonchev–Trinajstić information content (AvgIpc) is 3.22. The van der Waals surface area contributed by atoms with E-state index in [4.69, 9.17) is 0 Å². The van der Waals surface area contributed by atoms with Gasteiger partial charge in [0.15, 0.2) is 0 Å². The summed E-state index contributed by atoms with van der Waals surface area (Å²) in [4.78, 5) is 17.0. The highest BCUT2D eigenvalue weighted by molar-refractivity contribution is 6.03. The Kier molecular flexibility index (Phi) is 4.76. The minimum absolute atomic E-state index is 0.167. The van der Waals surface area contributed by atoms with Gasteiger partial charge in [0.25, 0.3) is 11.9 Å². The van der Waals surface area contributed by atoms with Gasteiger partial charge in [-0.05, 0) is 41.5 Å². The van der Waals surface area contributed by atoms with E-state index >= 15 is 0 Å². The van der Waals surface area contributed by atoms with Gasteiger partial charge in [-0.3, -0.25) is 10.1 Å². The molecule has 0 spiro atoms. The van der Waals surface area contributed by atoms with Gasteiger partial charge < -0.3 is 5.32 Å². The van der Waals surface area contributed by atoms with Crippen LogP contribution in [-0.4, -0.2) is 20.7 Å². The van der Waals surface area contributed by atoms with Gasteiger partial charge in [0.05, 0.1) is 0 Å². The summed E-state index contributed by atoms with van der Waals surface area (Å²) in [5.41, 5.74) is 3.30. The van der Waals surface area contributed by atoms with E-state index in [1.807, 2.05) is 60.7 Å². The first-order valence-corrected chi connectivity index (χ1v) is 9.80. The molecule has 0 bridgehead atoms. The first-order valence-electron chi connectivity index (χ1n) is 9.80. The van der Waals surface area contributed by atoms with Gasteiger partial charge >= 0.3 is 0 Å². The summed E-state index contributed by atoms with van der Waals surface area (Å²) in [7, 11) is 0. The van der Waals surface area contributed by atoms with E-state index in [1.54, 1.807) is 4.68 Å². The third-order valence-corrected chi connectivity index (χ3v) is 5.02. The van der Waals surface area contributed by atoms with E-state index in [0.29, 0.717) is 11.5 Å². The van der Waals surface area contributed by atoms with Crippen LogP contribution in [0.25, 0.3) is 5.70 Å².